The highest BCUT2D eigenvalue weighted by Crippen LogP contribution is 2.23. The Kier molecular flexibility index (Phi) is 7.36. The third-order valence-corrected chi connectivity index (χ3v) is 5.37. The third kappa shape index (κ3) is 5.49. The summed E-state index contributed by atoms with van der Waals surface area (Å²) in [7, 11) is 0. The van der Waals surface area contributed by atoms with Crippen molar-refractivity contribution < 1.29 is 9.53 Å². The van der Waals surface area contributed by atoms with Gasteiger partial charge in [-0.2, -0.15) is 0 Å². The molecule has 0 radical (unpaired) electrons. The van der Waals surface area contributed by atoms with Gasteiger partial charge in [-0.25, -0.2) is 4.99 Å². The number of aliphatic imine (C=N–C) groups is 1. The minimum Gasteiger partial charge on any atom is -0.466 e. The summed E-state index contributed by atoms with van der Waals surface area (Å²) in [5, 5.41) is 3.35. The number of likely N-dealkylation sites (tertiary alicyclic amines) is 1. The zero-order valence-corrected chi connectivity index (χ0v) is 16.1. The van der Waals surface area contributed by atoms with Crippen LogP contribution >= 0.6 is 27.3 Å². The summed E-state index contributed by atoms with van der Waals surface area (Å²) in [6.45, 7) is 7.57. The predicted molar refractivity (Wildman–Crippen MR) is 97.8 cm³/mol. The smallest absolute Gasteiger partial charge is 0.309 e. The Bertz CT molecular complexity index is 539. The third-order valence-electron chi connectivity index (χ3n) is 3.76. The van der Waals surface area contributed by atoms with Crippen molar-refractivity contribution in [3.05, 3.63) is 20.8 Å². The quantitative estimate of drug-likeness (QED) is 0.467. The number of guanidine groups is 1. The molecule has 0 atom stereocenters. The fraction of sp³-hybridized carbons (Fsp3) is 0.625. The Hall–Kier alpha value is -1.08. The molecule has 0 spiro atoms. The number of halogens is 1. The van der Waals surface area contributed by atoms with Crippen LogP contribution in [0.2, 0.25) is 0 Å². The van der Waals surface area contributed by atoms with E-state index >= 15 is 0 Å². The van der Waals surface area contributed by atoms with E-state index in [1.807, 2.05) is 13.0 Å². The minimum absolute atomic E-state index is 0.0299. The molecule has 2 heterocycles. The number of nitrogens with one attached hydrogen (secondary N) is 1. The van der Waals surface area contributed by atoms with Crippen molar-refractivity contribution in [1.82, 2.24) is 10.2 Å². The average molecular weight is 402 g/mol. The Labute approximate surface area is 150 Å². The van der Waals surface area contributed by atoms with Crippen molar-refractivity contribution in [2.45, 2.75) is 33.2 Å². The van der Waals surface area contributed by atoms with Crippen molar-refractivity contribution in [2.75, 3.05) is 26.2 Å². The first-order valence-electron chi connectivity index (χ1n) is 8.08. The number of nitrogens with zero attached hydrogens (tertiary/aromatic N) is 2. The van der Waals surface area contributed by atoms with Gasteiger partial charge in [-0.3, -0.25) is 4.79 Å². The second-order valence-electron chi connectivity index (χ2n) is 5.39. The van der Waals surface area contributed by atoms with Crippen LogP contribution in [-0.4, -0.2) is 43.1 Å². The molecular weight excluding hydrogens is 378 g/mol. The maximum absolute atomic E-state index is 11.8. The topological polar surface area (TPSA) is 53.9 Å². The lowest BCUT2D eigenvalue weighted by Gasteiger charge is -2.33. The van der Waals surface area contributed by atoms with Crippen LogP contribution in [-0.2, 0) is 16.1 Å². The Morgan fingerprint density at radius 1 is 1.43 bits per heavy atom. The van der Waals surface area contributed by atoms with E-state index in [-0.39, 0.29) is 11.9 Å². The molecule has 1 aromatic heterocycles. The van der Waals surface area contributed by atoms with Gasteiger partial charge in [-0.15, -0.1) is 11.3 Å². The normalized spacial score (nSPS) is 16.5. The van der Waals surface area contributed by atoms with Gasteiger partial charge in [0.1, 0.15) is 0 Å². The van der Waals surface area contributed by atoms with Crippen LogP contribution in [0, 0.1) is 5.92 Å². The maximum Gasteiger partial charge on any atom is 0.309 e. The zero-order chi connectivity index (χ0) is 16.7. The van der Waals surface area contributed by atoms with Crippen molar-refractivity contribution in [2.24, 2.45) is 10.9 Å². The molecule has 0 saturated carbocycles. The molecule has 0 bridgehead atoms. The first kappa shape index (κ1) is 18.3. The second kappa shape index (κ2) is 9.27. The molecule has 1 aliphatic heterocycles. The first-order valence-corrected chi connectivity index (χ1v) is 9.69. The Morgan fingerprint density at radius 3 is 2.74 bits per heavy atom. The fourth-order valence-corrected chi connectivity index (χ4v) is 4.01. The summed E-state index contributed by atoms with van der Waals surface area (Å²) < 4.78 is 6.25. The van der Waals surface area contributed by atoms with E-state index in [0.29, 0.717) is 13.2 Å². The Morgan fingerprint density at radius 2 is 2.17 bits per heavy atom. The fourth-order valence-electron chi connectivity index (χ4n) is 2.60. The lowest BCUT2D eigenvalue weighted by Crippen LogP contribution is -2.46. The van der Waals surface area contributed by atoms with Crippen molar-refractivity contribution in [1.29, 1.82) is 0 Å². The summed E-state index contributed by atoms with van der Waals surface area (Å²) in [5.41, 5.74) is 0. The highest BCUT2D eigenvalue weighted by molar-refractivity contribution is 9.11. The second-order valence-corrected chi connectivity index (χ2v) is 7.94. The van der Waals surface area contributed by atoms with Gasteiger partial charge >= 0.3 is 5.97 Å². The van der Waals surface area contributed by atoms with Gasteiger partial charge in [0, 0.05) is 24.5 Å². The summed E-state index contributed by atoms with van der Waals surface area (Å²) in [4.78, 5) is 20.0. The molecule has 0 unspecified atom stereocenters. The summed E-state index contributed by atoms with van der Waals surface area (Å²) >= 11 is 5.19. The van der Waals surface area contributed by atoms with E-state index in [9.17, 15) is 4.79 Å². The number of hydrogen-bond acceptors (Lipinski definition) is 4. The summed E-state index contributed by atoms with van der Waals surface area (Å²) in [6.07, 6.45) is 1.65. The number of rotatable bonds is 5. The lowest BCUT2D eigenvalue weighted by atomic mass is 9.97. The number of ether oxygens (including phenoxy) is 1. The molecule has 0 amide bonds. The van der Waals surface area contributed by atoms with Crippen molar-refractivity contribution in [3.63, 3.8) is 0 Å². The van der Waals surface area contributed by atoms with Gasteiger partial charge < -0.3 is 15.0 Å². The standard InChI is InChI=1S/C16H24BrN3O2S/c1-3-18-16(19-11-13-5-6-14(17)23-13)20-9-7-12(8-10-20)15(21)22-4-2/h5-6,12H,3-4,7-11H2,1-2H3,(H,18,19). The lowest BCUT2D eigenvalue weighted by molar-refractivity contribution is -0.149. The summed E-state index contributed by atoms with van der Waals surface area (Å²) in [6, 6.07) is 4.14. The van der Waals surface area contributed by atoms with Gasteiger partial charge in [0.2, 0.25) is 0 Å². The van der Waals surface area contributed by atoms with E-state index in [4.69, 9.17) is 9.73 Å². The summed E-state index contributed by atoms with van der Waals surface area (Å²) in [5.74, 6) is 0.902. The average Bonchev–Trinajstić information content (AvgIpc) is 2.97. The first-order chi connectivity index (χ1) is 11.1. The minimum atomic E-state index is -0.0578. The molecule has 128 valence electrons. The van der Waals surface area contributed by atoms with Crippen molar-refractivity contribution in [3.8, 4) is 0 Å². The monoisotopic (exact) mass is 401 g/mol. The molecule has 1 fully saturated rings. The maximum atomic E-state index is 11.8. The van der Waals surface area contributed by atoms with E-state index in [1.54, 1.807) is 11.3 Å². The van der Waals surface area contributed by atoms with Gasteiger partial charge in [0.25, 0.3) is 0 Å². The molecule has 1 aliphatic rings. The molecular formula is C16H24BrN3O2S. The number of carbonyl (C=O) groups is 1. The molecule has 23 heavy (non-hydrogen) atoms. The van der Waals surface area contributed by atoms with Crippen LogP contribution < -0.4 is 5.32 Å². The molecule has 7 heteroatoms. The Balaban J connectivity index is 1.92. The van der Waals surface area contributed by atoms with Crippen LogP contribution in [0.25, 0.3) is 0 Å². The van der Waals surface area contributed by atoms with E-state index in [2.05, 4.69) is 39.1 Å². The van der Waals surface area contributed by atoms with E-state index in [0.717, 1.165) is 42.2 Å². The van der Waals surface area contributed by atoms with Crippen LogP contribution in [0.15, 0.2) is 20.9 Å². The predicted octanol–water partition coefficient (Wildman–Crippen LogP) is 3.25. The van der Waals surface area contributed by atoms with Gasteiger partial charge in [-0.05, 0) is 54.8 Å². The van der Waals surface area contributed by atoms with E-state index < -0.39 is 0 Å². The molecule has 1 N–H and O–H groups in total. The molecule has 0 aromatic carbocycles. The van der Waals surface area contributed by atoms with Crippen LogP contribution in [0.5, 0.6) is 0 Å². The molecule has 5 nitrogen and oxygen atoms in total. The molecule has 0 aliphatic carbocycles. The highest BCUT2D eigenvalue weighted by Gasteiger charge is 2.27. The highest BCUT2D eigenvalue weighted by atomic mass is 79.9. The number of hydrogen-bond donors (Lipinski definition) is 1. The van der Waals surface area contributed by atoms with Gasteiger partial charge in [0.05, 0.1) is 22.9 Å². The SMILES string of the molecule is CCNC(=NCc1ccc(Br)s1)N1CCC(C(=O)OCC)CC1. The van der Waals surface area contributed by atoms with Crippen LogP contribution in [0.3, 0.4) is 0 Å². The molecule has 2 rings (SSSR count). The van der Waals surface area contributed by atoms with E-state index in [1.165, 1.54) is 4.88 Å². The molecule has 1 saturated heterocycles. The molecule has 1 aromatic rings. The van der Waals surface area contributed by atoms with Crippen LogP contribution in [0.1, 0.15) is 31.6 Å². The van der Waals surface area contributed by atoms with Crippen LogP contribution in [0.4, 0.5) is 0 Å². The number of esters is 1. The number of carbonyl (C=O) groups excluding carboxylic acids is 1. The van der Waals surface area contributed by atoms with Crippen molar-refractivity contribution >= 4 is 39.2 Å². The van der Waals surface area contributed by atoms with Gasteiger partial charge in [-0.1, -0.05) is 0 Å². The zero-order valence-electron chi connectivity index (χ0n) is 13.7. The van der Waals surface area contributed by atoms with Gasteiger partial charge in [0.15, 0.2) is 5.96 Å². The number of piperidine rings is 1. The largest absolute Gasteiger partial charge is 0.466 e. The number of thiophene rings is 1.